The van der Waals surface area contributed by atoms with Crippen LogP contribution in [0.4, 0.5) is 5.69 Å². The molecule has 0 radical (unpaired) electrons. The fourth-order valence-corrected chi connectivity index (χ4v) is 6.38. The molecule has 4 rings (SSSR count). The average Bonchev–Trinajstić information content (AvgIpc) is 3.05. The van der Waals surface area contributed by atoms with Crippen LogP contribution in [0, 0.1) is 6.92 Å². The highest BCUT2D eigenvalue weighted by molar-refractivity contribution is 7.92. The molecule has 44 heavy (non-hydrogen) atoms. The minimum absolute atomic E-state index is 0.0330. The van der Waals surface area contributed by atoms with Crippen LogP contribution in [0.3, 0.4) is 0 Å². The van der Waals surface area contributed by atoms with Crippen LogP contribution in [-0.2, 0) is 32.6 Å². The number of sulfonamides is 1. The minimum atomic E-state index is -4.28. The molecule has 0 fully saturated rings. The van der Waals surface area contributed by atoms with E-state index in [1.54, 1.807) is 36.4 Å². The second kappa shape index (κ2) is 14.6. The molecule has 10 heteroatoms. The van der Waals surface area contributed by atoms with E-state index in [0.29, 0.717) is 5.75 Å². The van der Waals surface area contributed by atoms with Crippen LogP contribution >= 0.6 is 0 Å². The van der Waals surface area contributed by atoms with E-state index in [9.17, 15) is 18.0 Å². The molecule has 0 aliphatic carbocycles. The fraction of sp³-hybridized carbons (Fsp3) is 0.235. The van der Waals surface area contributed by atoms with E-state index in [1.807, 2.05) is 61.5 Å². The predicted octanol–water partition coefficient (Wildman–Crippen LogP) is 4.59. The van der Waals surface area contributed by atoms with Gasteiger partial charge in [0.1, 0.15) is 24.1 Å². The molecule has 9 nitrogen and oxygen atoms in total. The highest BCUT2D eigenvalue weighted by atomic mass is 32.2. The minimum Gasteiger partial charge on any atom is -0.497 e. The van der Waals surface area contributed by atoms with Crippen molar-refractivity contribution >= 4 is 27.5 Å². The van der Waals surface area contributed by atoms with Crippen molar-refractivity contribution in [2.75, 3.05) is 32.1 Å². The number of rotatable bonds is 13. The fourth-order valence-electron chi connectivity index (χ4n) is 4.95. The first kappa shape index (κ1) is 32.1. The number of methoxy groups -OCH3 is 2. The normalized spacial score (nSPS) is 11.7. The third-order valence-electron chi connectivity index (χ3n) is 7.23. The van der Waals surface area contributed by atoms with Crippen molar-refractivity contribution in [2.24, 2.45) is 0 Å². The summed E-state index contributed by atoms with van der Waals surface area (Å²) in [5.41, 5.74) is 2.85. The van der Waals surface area contributed by atoms with Crippen molar-refractivity contribution in [1.29, 1.82) is 0 Å². The summed E-state index contributed by atoms with van der Waals surface area (Å²) in [5.74, 6) is -0.159. The van der Waals surface area contributed by atoms with E-state index in [4.69, 9.17) is 9.47 Å². The zero-order valence-corrected chi connectivity index (χ0v) is 26.1. The lowest BCUT2D eigenvalue weighted by Crippen LogP contribution is -2.53. The standard InChI is InChI=1S/C34H37N3O6S/c1-25-11-10-14-27(21-25)23-36(31(34(39)35-2)22-26-12-6-5-7-13-26)33(38)24-37(30-15-8-9-16-32(30)43-4)44(40,41)29-19-17-28(42-3)18-20-29/h5-21,31H,22-24H2,1-4H3,(H,35,39)/t31-/m0/s1. The Morgan fingerprint density at radius 3 is 2.11 bits per heavy atom. The van der Waals surface area contributed by atoms with Crippen LogP contribution in [-0.4, -0.2) is 59.0 Å². The second-order valence-electron chi connectivity index (χ2n) is 10.2. The van der Waals surface area contributed by atoms with Crippen LogP contribution in [0.2, 0.25) is 0 Å². The van der Waals surface area contributed by atoms with E-state index < -0.39 is 28.5 Å². The first-order valence-corrected chi connectivity index (χ1v) is 15.5. The van der Waals surface area contributed by atoms with Crippen LogP contribution in [0.5, 0.6) is 11.5 Å². The quantitative estimate of drug-likeness (QED) is 0.236. The van der Waals surface area contributed by atoms with Gasteiger partial charge in [0.2, 0.25) is 11.8 Å². The molecular formula is C34H37N3O6S. The third kappa shape index (κ3) is 7.57. The molecule has 1 N–H and O–H groups in total. The maximum Gasteiger partial charge on any atom is 0.264 e. The topological polar surface area (TPSA) is 105 Å². The maximum atomic E-state index is 14.4. The molecule has 4 aromatic rings. The summed E-state index contributed by atoms with van der Waals surface area (Å²) in [5, 5.41) is 2.69. The largest absolute Gasteiger partial charge is 0.497 e. The number of aryl methyl sites for hydroxylation is 1. The Kier molecular flexibility index (Phi) is 10.6. The van der Waals surface area contributed by atoms with Gasteiger partial charge in [-0.05, 0) is 54.4 Å². The molecule has 0 aliphatic heterocycles. The molecule has 0 heterocycles. The van der Waals surface area contributed by atoms with Gasteiger partial charge in [0.15, 0.2) is 0 Å². The number of benzene rings is 4. The molecule has 0 aromatic heterocycles. The molecule has 0 unspecified atom stereocenters. The Bertz CT molecular complexity index is 1680. The first-order valence-electron chi connectivity index (χ1n) is 14.1. The molecule has 0 saturated heterocycles. The average molecular weight is 616 g/mol. The van der Waals surface area contributed by atoms with Crippen LogP contribution < -0.4 is 19.1 Å². The van der Waals surface area contributed by atoms with Gasteiger partial charge in [-0.3, -0.25) is 13.9 Å². The van der Waals surface area contributed by atoms with Crippen LogP contribution in [0.25, 0.3) is 0 Å². The zero-order chi connectivity index (χ0) is 31.7. The van der Waals surface area contributed by atoms with Gasteiger partial charge < -0.3 is 19.7 Å². The van der Waals surface area contributed by atoms with E-state index in [2.05, 4.69) is 5.32 Å². The number of nitrogens with zero attached hydrogens (tertiary/aromatic N) is 2. The summed E-state index contributed by atoms with van der Waals surface area (Å²) in [6, 6.07) is 28.7. The number of carbonyl (C=O) groups is 2. The van der Waals surface area contributed by atoms with E-state index in [0.717, 1.165) is 21.0 Å². The Morgan fingerprint density at radius 2 is 1.48 bits per heavy atom. The summed E-state index contributed by atoms with van der Waals surface area (Å²) in [6.45, 7) is 1.46. The number of ether oxygens (including phenoxy) is 2. The molecule has 1 atom stereocenters. The number of para-hydroxylation sites is 2. The number of amides is 2. The molecule has 0 aliphatic rings. The van der Waals surface area contributed by atoms with E-state index >= 15 is 0 Å². The monoisotopic (exact) mass is 615 g/mol. The Balaban J connectivity index is 1.81. The van der Waals surface area contributed by atoms with Crippen molar-refractivity contribution in [1.82, 2.24) is 10.2 Å². The lowest BCUT2D eigenvalue weighted by molar-refractivity contribution is -0.139. The van der Waals surface area contributed by atoms with Crippen molar-refractivity contribution in [2.45, 2.75) is 30.8 Å². The summed E-state index contributed by atoms with van der Waals surface area (Å²) in [4.78, 5) is 29.2. The molecule has 0 saturated carbocycles. The summed E-state index contributed by atoms with van der Waals surface area (Å²) >= 11 is 0. The Hall–Kier alpha value is -4.83. The van der Waals surface area contributed by atoms with Gasteiger partial charge in [-0.2, -0.15) is 0 Å². The van der Waals surface area contributed by atoms with Crippen LogP contribution in [0.1, 0.15) is 16.7 Å². The van der Waals surface area contributed by atoms with Gasteiger partial charge in [0, 0.05) is 20.0 Å². The maximum absolute atomic E-state index is 14.4. The number of hydrogen-bond acceptors (Lipinski definition) is 6. The highest BCUT2D eigenvalue weighted by Crippen LogP contribution is 2.33. The summed E-state index contributed by atoms with van der Waals surface area (Å²) < 4.78 is 40.1. The molecule has 0 bridgehead atoms. The number of hydrogen-bond donors (Lipinski definition) is 1. The molecule has 0 spiro atoms. The molecule has 2 amide bonds. The predicted molar refractivity (Wildman–Crippen MR) is 170 cm³/mol. The van der Waals surface area contributed by atoms with Crippen molar-refractivity contribution in [3.8, 4) is 11.5 Å². The van der Waals surface area contributed by atoms with Gasteiger partial charge in [-0.15, -0.1) is 0 Å². The SMILES string of the molecule is CNC(=O)[C@H](Cc1ccccc1)N(Cc1cccc(C)c1)C(=O)CN(c1ccccc1OC)S(=O)(=O)c1ccc(OC)cc1. The Morgan fingerprint density at radius 1 is 0.818 bits per heavy atom. The smallest absolute Gasteiger partial charge is 0.264 e. The molecule has 230 valence electrons. The van der Waals surface area contributed by atoms with E-state index in [-0.39, 0.29) is 35.2 Å². The number of carbonyl (C=O) groups excluding carboxylic acids is 2. The second-order valence-corrected chi connectivity index (χ2v) is 12.1. The van der Waals surface area contributed by atoms with E-state index in [1.165, 1.54) is 38.3 Å². The number of likely N-dealkylation sites (N-methyl/N-ethyl adjacent to an activating group) is 1. The highest BCUT2D eigenvalue weighted by Gasteiger charge is 2.35. The van der Waals surface area contributed by atoms with Gasteiger partial charge in [-0.1, -0.05) is 72.3 Å². The zero-order valence-electron chi connectivity index (χ0n) is 25.3. The van der Waals surface area contributed by atoms with Gasteiger partial charge >= 0.3 is 0 Å². The third-order valence-corrected chi connectivity index (χ3v) is 9.01. The number of anilines is 1. The van der Waals surface area contributed by atoms with Crippen molar-refractivity contribution in [3.05, 3.63) is 120 Å². The summed E-state index contributed by atoms with van der Waals surface area (Å²) in [6.07, 6.45) is 0.234. The number of nitrogens with one attached hydrogen (secondary N) is 1. The van der Waals surface area contributed by atoms with Crippen molar-refractivity contribution in [3.63, 3.8) is 0 Å². The van der Waals surface area contributed by atoms with Crippen LogP contribution in [0.15, 0.2) is 108 Å². The first-order chi connectivity index (χ1) is 21.2. The lowest BCUT2D eigenvalue weighted by atomic mass is 10.0. The Labute approximate surface area is 259 Å². The summed E-state index contributed by atoms with van der Waals surface area (Å²) in [7, 11) is 0.164. The molecule has 4 aromatic carbocycles. The van der Waals surface area contributed by atoms with Gasteiger partial charge in [0.05, 0.1) is 24.8 Å². The van der Waals surface area contributed by atoms with Gasteiger partial charge in [0.25, 0.3) is 10.0 Å². The lowest BCUT2D eigenvalue weighted by Gasteiger charge is -2.34. The molecular weight excluding hydrogens is 578 g/mol. The van der Waals surface area contributed by atoms with Crippen molar-refractivity contribution < 1.29 is 27.5 Å². The van der Waals surface area contributed by atoms with Gasteiger partial charge in [-0.25, -0.2) is 8.42 Å².